The van der Waals surface area contributed by atoms with Gasteiger partial charge in [0.1, 0.15) is 5.75 Å². The molecule has 0 bridgehead atoms. The Kier molecular flexibility index (Phi) is 5.87. The first kappa shape index (κ1) is 20.0. The van der Waals surface area contributed by atoms with Gasteiger partial charge in [0.05, 0.1) is 6.20 Å². The maximum Gasteiger partial charge on any atom is 0.253 e. The predicted molar refractivity (Wildman–Crippen MR) is 110 cm³/mol. The van der Waals surface area contributed by atoms with Gasteiger partial charge in [-0.05, 0) is 36.8 Å². The van der Waals surface area contributed by atoms with E-state index in [1.165, 1.54) is 16.8 Å². The van der Waals surface area contributed by atoms with E-state index in [0.717, 1.165) is 12.3 Å². The first-order valence-corrected chi connectivity index (χ1v) is 8.97. The van der Waals surface area contributed by atoms with Crippen molar-refractivity contribution in [2.24, 2.45) is 7.05 Å². The molecule has 3 rings (SSSR count). The molecule has 0 saturated heterocycles. The SMILES string of the molecule is C=CC(=O)Nc1ccc(Oc2ccncc2F)c(-c2cc(CC)c(=O)n(C)c2)c1. The zero-order valence-electron chi connectivity index (χ0n) is 16.1. The topological polar surface area (TPSA) is 73.2 Å². The molecule has 1 N–H and O–H groups in total. The summed E-state index contributed by atoms with van der Waals surface area (Å²) in [4.78, 5) is 27.7. The maximum absolute atomic E-state index is 14.0. The number of ether oxygens (including phenoxy) is 1. The molecule has 2 heterocycles. The lowest BCUT2D eigenvalue weighted by atomic mass is 10.0. The van der Waals surface area contributed by atoms with Crippen molar-refractivity contribution in [3.63, 3.8) is 0 Å². The average molecular weight is 393 g/mol. The van der Waals surface area contributed by atoms with Crippen LogP contribution in [0.4, 0.5) is 10.1 Å². The number of aryl methyl sites for hydroxylation is 2. The second kappa shape index (κ2) is 8.52. The van der Waals surface area contributed by atoms with Crippen LogP contribution in [0.15, 0.2) is 66.4 Å². The summed E-state index contributed by atoms with van der Waals surface area (Å²) in [6, 6.07) is 8.17. The van der Waals surface area contributed by atoms with Gasteiger partial charge in [0.25, 0.3) is 5.56 Å². The molecule has 0 spiro atoms. The molecule has 0 atom stereocenters. The number of pyridine rings is 2. The Morgan fingerprint density at radius 2 is 2.10 bits per heavy atom. The Labute approximate surface area is 167 Å². The molecule has 0 fully saturated rings. The molecule has 0 aliphatic rings. The van der Waals surface area contributed by atoms with Gasteiger partial charge >= 0.3 is 0 Å². The molecule has 1 amide bonds. The Morgan fingerprint density at radius 1 is 1.31 bits per heavy atom. The summed E-state index contributed by atoms with van der Waals surface area (Å²) < 4.78 is 21.3. The second-order valence-electron chi connectivity index (χ2n) is 6.34. The summed E-state index contributed by atoms with van der Waals surface area (Å²) >= 11 is 0. The number of hydrogen-bond acceptors (Lipinski definition) is 4. The number of anilines is 1. The normalized spacial score (nSPS) is 10.4. The van der Waals surface area contributed by atoms with Gasteiger partial charge in [-0.25, -0.2) is 4.39 Å². The van der Waals surface area contributed by atoms with E-state index in [9.17, 15) is 14.0 Å². The summed E-state index contributed by atoms with van der Waals surface area (Å²) in [5.41, 5.74) is 2.34. The first-order chi connectivity index (χ1) is 13.9. The van der Waals surface area contributed by atoms with Gasteiger partial charge in [-0.1, -0.05) is 13.5 Å². The second-order valence-corrected chi connectivity index (χ2v) is 6.34. The van der Waals surface area contributed by atoms with E-state index in [2.05, 4.69) is 16.9 Å². The summed E-state index contributed by atoms with van der Waals surface area (Å²) in [6.07, 6.45) is 5.89. The number of benzene rings is 1. The van der Waals surface area contributed by atoms with Crippen molar-refractivity contribution in [2.45, 2.75) is 13.3 Å². The van der Waals surface area contributed by atoms with E-state index in [1.807, 2.05) is 6.92 Å². The van der Waals surface area contributed by atoms with Crippen molar-refractivity contribution in [3.8, 4) is 22.6 Å². The van der Waals surface area contributed by atoms with Crippen LogP contribution in [0.5, 0.6) is 11.5 Å². The number of nitrogens with zero attached hydrogens (tertiary/aromatic N) is 2. The van der Waals surface area contributed by atoms with Crippen LogP contribution >= 0.6 is 0 Å². The van der Waals surface area contributed by atoms with E-state index in [-0.39, 0.29) is 17.2 Å². The fourth-order valence-corrected chi connectivity index (χ4v) is 2.86. The maximum atomic E-state index is 14.0. The average Bonchev–Trinajstić information content (AvgIpc) is 2.72. The fraction of sp³-hybridized carbons (Fsp3) is 0.136. The molecule has 1 aromatic carbocycles. The molecule has 2 aromatic heterocycles. The Bertz CT molecular complexity index is 1140. The summed E-state index contributed by atoms with van der Waals surface area (Å²) in [7, 11) is 1.66. The van der Waals surface area contributed by atoms with Crippen molar-refractivity contribution in [1.29, 1.82) is 0 Å². The van der Waals surface area contributed by atoms with Crippen LogP contribution in [0.3, 0.4) is 0 Å². The van der Waals surface area contributed by atoms with Crippen LogP contribution in [-0.4, -0.2) is 15.5 Å². The predicted octanol–water partition coefficient (Wildman–Crippen LogP) is 4.07. The minimum Gasteiger partial charge on any atom is -0.454 e. The Morgan fingerprint density at radius 3 is 2.79 bits per heavy atom. The van der Waals surface area contributed by atoms with E-state index >= 15 is 0 Å². The number of aromatic nitrogens is 2. The van der Waals surface area contributed by atoms with Crippen molar-refractivity contribution in [3.05, 3.63) is 83.3 Å². The van der Waals surface area contributed by atoms with Gasteiger partial charge in [0.15, 0.2) is 11.6 Å². The minimum absolute atomic E-state index is 0.0182. The van der Waals surface area contributed by atoms with E-state index < -0.39 is 5.82 Å². The quantitative estimate of drug-likeness (QED) is 0.641. The van der Waals surface area contributed by atoms with Gasteiger partial charge in [0, 0.05) is 47.9 Å². The molecule has 29 heavy (non-hydrogen) atoms. The molecule has 3 aromatic rings. The van der Waals surface area contributed by atoms with Crippen LogP contribution in [0.25, 0.3) is 11.1 Å². The highest BCUT2D eigenvalue weighted by atomic mass is 19.1. The number of carbonyl (C=O) groups excluding carboxylic acids is 1. The van der Waals surface area contributed by atoms with E-state index in [4.69, 9.17) is 4.74 Å². The van der Waals surface area contributed by atoms with Gasteiger partial charge in [0.2, 0.25) is 5.91 Å². The highest BCUT2D eigenvalue weighted by Crippen LogP contribution is 2.36. The lowest BCUT2D eigenvalue weighted by Crippen LogP contribution is -2.20. The van der Waals surface area contributed by atoms with Gasteiger partial charge in [-0.2, -0.15) is 0 Å². The molecule has 0 unspecified atom stereocenters. The third-order valence-corrected chi connectivity index (χ3v) is 4.34. The van der Waals surface area contributed by atoms with Crippen LogP contribution in [0, 0.1) is 5.82 Å². The monoisotopic (exact) mass is 393 g/mol. The smallest absolute Gasteiger partial charge is 0.253 e. The molecule has 7 heteroatoms. The number of rotatable bonds is 6. The molecule has 0 saturated carbocycles. The van der Waals surface area contributed by atoms with Crippen molar-refractivity contribution in [1.82, 2.24) is 9.55 Å². The summed E-state index contributed by atoms with van der Waals surface area (Å²) in [5.74, 6) is -0.575. The largest absolute Gasteiger partial charge is 0.454 e. The zero-order chi connectivity index (χ0) is 21.0. The molecule has 0 radical (unpaired) electrons. The molecule has 6 nitrogen and oxygen atoms in total. The Hall–Kier alpha value is -3.74. The van der Waals surface area contributed by atoms with Crippen LogP contribution in [0.2, 0.25) is 0 Å². The molecule has 148 valence electrons. The van der Waals surface area contributed by atoms with Crippen LogP contribution in [-0.2, 0) is 18.3 Å². The third-order valence-electron chi connectivity index (χ3n) is 4.34. The number of nitrogens with one attached hydrogen (secondary N) is 1. The lowest BCUT2D eigenvalue weighted by Gasteiger charge is -2.15. The van der Waals surface area contributed by atoms with Gasteiger partial charge in [-0.3, -0.25) is 14.6 Å². The number of amides is 1. The number of hydrogen-bond donors (Lipinski definition) is 1. The van der Waals surface area contributed by atoms with E-state index in [1.54, 1.807) is 37.5 Å². The lowest BCUT2D eigenvalue weighted by molar-refractivity contribution is -0.111. The molecule has 0 aliphatic carbocycles. The van der Waals surface area contributed by atoms with Crippen molar-refractivity contribution in [2.75, 3.05) is 5.32 Å². The standard InChI is InChI=1S/C22H20FN3O3/c1-4-14-10-15(13-26(3)22(14)28)17-11-16(25-21(27)5-2)6-7-19(17)29-20-8-9-24-12-18(20)23/h5-13H,2,4H2,1,3H3,(H,25,27). The zero-order valence-corrected chi connectivity index (χ0v) is 16.1. The fourth-order valence-electron chi connectivity index (χ4n) is 2.86. The highest BCUT2D eigenvalue weighted by Gasteiger charge is 2.14. The number of halogens is 1. The minimum atomic E-state index is -0.600. The Balaban J connectivity index is 2.15. The molecule has 0 aliphatic heterocycles. The van der Waals surface area contributed by atoms with Gasteiger partial charge in [-0.15, -0.1) is 0 Å². The van der Waals surface area contributed by atoms with Crippen LogP contribution in [0.1, 0.15) is 12.5 Å². The van der Waals surface area contributed by atoms with Gasteiger partial charge < -0.3 is 14.6 Å². The third kappa shape index (κ3) is 4.40. The summed E-state index contributed by atoms with van der Waals surface area (Å²) in [6.45, 7) is 5.34. The molecular weight excluding hydrogens is 373 g/mol. The van der Waals surface area contributed by atoms with Crippen molar-refractivity contribution < 1.29 is 13.9 Å². The first-order valence-electron chi connectivity index (χ1n) is 8.97. The van der Waals surface area contributed by atoms with E-state index in [0.29, 0.717) is 34.5 Å². The van der Waals surface area contributed by atoms with Crippen molar-refractivity contribution >= 4 is 11.6 Å². The number of carbonyl (C=O) groups is 1. The highest BCUT2D eigenvalue weighted by molar-refractivity contribution is 5.99. The summed E-state index contributed by atoms with van der Waals surface area (Å²) in [5, 5.41) is 2.69. The molecular formula is C22H20FN3O3. The van der Waals surface area contributed by atoms with Crippen LogP contribution < -0.4 is 15.6 Å².